The topological polar surface area (TPSA) is 55.1 Å². The standard InChI is InChI=1S/C10H8BrN5S/c11-7-3-8(17-5-7)4-13-9-10-15-14-6-16(10)2-1-12-9/h1-3,5-6H,4H2,(H,12,13). The Morgan fingerprint density at radius 2 is 2.41 bits per heavy atom. The van der Waals surface area contributed by atoms with Gasteiger partial charge in [0.15, 0.2) is 5.82 Å². The quantitative estimate of drug-likeness (QED) is 0.808. The van der Waals surface area contributed by atoms with Crippen LogP contribution in [0.25, 0.3) is 5.65 Å². The maximum atomic E-state index is 4.26. The molecule has 0 amide bonds. The van der Waals surface area contributed by atoms with E-state index in [1.165, 1.54) is 4.88 Å². The van der Waals surface area contributed by atoms with Crippen molar-refractivity contribution in [2.75, 3.05) is 5.32 Å². The van der Waals surface area contributed by atoms with Gasteiger partial charge in [-0.25, -0.2) is 4.98 Å². The highest BCUT2D eigenvalue weighted by atomic mass is 79.9. The largest absolute Gasteiger partial charge is 0.362 e. The number of fused-ring (bicyclic) bond motifs is 1. The fourth-order valence-corrected chi connectivity index (χ4v) is 2.89. The van der Waals surface area contributed by atoms with E-state index in [0.717, 1.165) is 22.5 Å². The van der Waals surface area contributed by atoms with Crippen LogP contribution in [-0.2, 0) is 6.54 Å². The molecule has 3 heterocycles. The zero-order valence-corrected chi connectivity index (χ0v) is 11.1. The Hall–Kier alpha value is -1.47. The molecule has 3 aromatic rings. The van der Waals surface area contributed by atoms with E-state index in [0.29, 0.717) is 0 Å². The fourth-order valence-electron chi connectivity index (χ4n) is 1.50. The third-order valence-electron chi connectivity index (χ3n) is 2.27. The summed E-state index contributed by atoms with van der Waals surface area (Å²) >= 11 is 5.13. The molecule has 0 fully saturated rings. The first kappa shape index (κ1) is 10.7. The molecule has 17 heavy (non-hydrogen) atoms. The number of rotatable bonds is 3. The zero-order chi connectivity index (χ0) is 11.7. The molecule has 0 aliphatic heterocycles. The zero-order valence-electron chi connectivity index (χ0n) is 8.67. The van der Waals surface area contributed by atoms with Crippen LogP contribution in [0, 0.1) is 0 Å². The number of nitrogens with one attached hydrogen (secondary N) is 1. The van der Waals surface area contributed by atoms with Crippen LogP contribution < -0.4 is 5.32 Å². The summed E-state index contributed by atoms with van der Waals surface area (Å²) in [6, 6.07) is 2.08. The van der Waals surface area contributed by atoms with Gasteiger partial charge in [-0.05, 0) is 22.0 Å². The summed E-state index contributed by atoms with van der Waals surface area (Å²) < 4.78 is 2.94. The lowest BCUT2D eigenvalue weighted by Gasteiger charge is -2.03. The van der Waals surface area contributed by atoms with Crippen LogP contribution in [-0.4, -0.2) is 19.6 Å². The predicted octanol–water partition coefficient (Wildman–Crippen LogP) is 2.56. The van der Waals surface area contributed by atoms with Gasteiger partial charge in [0.2, 0.25) is 5.65 Å². The minimum atomic E-state index is 0.732. The molecular formula is C10H8BrN5S. The number of hydrogen-bond acceptors (Lipinski definition) is 5. The van der Waals surface area contributed by atoms with E-state index >= 15 is 0 Å². The average Bonchev–Trinajstić information content (AvgIpc) is 2.94. The first-order valence-electron chi connectivity index (χ1n) is 4.94. The summed E-state index contributed by atoms with van der Waals surface area (Å²) in [6.07, 6.45) is 5.20. The molecule has 5 nitrogen and oxygen atoms in total. The lowest BCUT2D eigenvalue weighted by atomic mass is 10.4. The molecule has 0 saturated heterocycles. The van der Waals surface area contributed by atoms with Crippen molar-refractivity contribution in [1.29, 1.82) is 0 Å². The van der Waals surface area contributed by atoms with E-state index in [9.17, 15) is 0 Å². The van der Waals surface area contributed by atoms with Crippen LogP contribution >= 0.6 is 27.3 Å². The van der Waals surface area contributed by atoms with Gasteiger partial charge in [0, 0.05) is 27.1 Å². The van der Waals surface area contributed by atoms with Gasteiger partial charge < -0.3 is 5.32 Å². The maximum absolute atomic E-state index is 4.26. The minimum absolute atomic E-state index is 0.732. The molecule has 3 rings (SSSR count). The van der Waals surface area contributed by atoms with Crippen LogP contribution in [0.4, 0.5) is 5.82 Å². The highest BCUT2D eigenvalue weighted by Gasteiger charge is 2.04. The predicted molar refractivity (Wildman–Crippen MR) is 70.1 cm³/mol. The Kier molecular flexibility index (Phi) is 2.77. The Labute approximate surface area is 110 Å². The molecule has 0 bridgehead atoms. The Morgan fingerprint density at radius 1 is 1.47 bits per heavy atom. The van der Waals surface area contributed by atoms with E-state index in [1.807, 2.05) is 10.6 Å². The molecule has 0 aliphatic rings. The number of thiophene rings is 1. The minimum Gasteiger partial charge on any atom is -0.362 e. The molecule has 7 heteroatoms. The van der Waals surface area contributed by atoms with Gasteiger partial charge in [0.05, 0.1) is 6.54 Å². The maximum Gasteiger partial charge on any atom is 0.203 e. The Morgan fingerprint density at radius 3 is 3.24 bits per heavy atom. The van der Waals surface area contributed by atoms with E-state index in [4.69, 9.17) is 0 Å². The lowest BCUT2D eigenvalue weighted by Crippen LogP contribution is -2.02. The Bertz CT molecular complexity index is 647. The normalized spacial score (nSPS) is 10.9. The van der Waals surface area contributed by atoms with E-state index in [1.54, 1.807) is 23.9 Å². The molecular weight excluding hydrogens is 302 g/mol. The highest BCUT2D eigenvalue weighted by Crippen LogP contribution is 2.21. The second kappa shape index (κ2) is 4.42. The molecule has 3 aromatic heterocycles. The average molecular weight is 310 g/mol. The van der Waals surface area contributed by atoms with E-state index in [-0.39, 0.29) is 0 Å². The first-order chi connectivity index (χ1) is 8.33. The van der Waals surface area contributed by atoms with Crippen molar-refractivity contribution < 1.29 is 0 Å². The summed E-state index contributed by atoms with van der Waals surface area (Å²) in [4.78, 5) is 5.50. The Balaban J connectivity index is 1.83. The van der Waals surface area contributed by atoms with Crippen molar-refractivity contribution in [3.63, 3.8) is 0 Å². The van der Waals surface area contributed by atoms with Crippen molar-refractivity contribution in [2.24, 2.45) is 0 Å². The van der Waals surface area contributed by atoms with Gasteiger partial charge in [-0.3, -0.25) is 4.40 Å². The van der Waals surface area contributed by atoms with Crippen molar-refractivity contribution in [1.82, 2.24) is 19.6 Å². The molecule has 1 N–H and O–H groups in total. The number of nitrogens with zero attached hydrogens (tertiary/aromatic N) is 4. The first-order valence-corrected chi connectivity index (χ1v) is 6.61. The number of hydrogen-bond donors (Lipinski definition) is 1. The van der Waals surface area contributed by atoms with Crippen molar-refractivity contribution in [2.45, 2.75) is 6.54 Å². The van der Waals surface area contributed by atoms with Crippen LogP contribution in [0.3, 0.4) is 0 Å². The van der Waals surface area contributed by atoms with Crippen LogP contribution in [0.1, 0.15) is 4.88 Å². The van der Waals surface area contributed by atoms with Gasteiger partial charge >= 0.3 is 0 Å². The molecule has 0 atom stereocenters. The summed E-state index contributed by atoms with van der Waals surface area (Å²) in [5.41, 5.74) is 0.739. The van der Waals surface area contributed by atoms with Gasteiger partial charge in [-0.1, -0.05) is 0 Å². The molecule has 0 radical (unpaired) electrons. The molecule has 0 aromatic carbocycles. The summed E-state index contributed by atoms with van der Waals surface area (Å²) in [6.45, 7) is 0.732. The second-order valence-corrected chi connectivity index (χ2v) is 5.33. The van der Waals surface area contributed by atoms with Gasteiger partial charge in [0.1, 0.15) is 6.33 Å². The van der Waals surface area contributed by atoms with Crippen molar-refractivity contribution in [3.8, 4) is 0 Å². The summed E-state index contributed by atoms with van der Waals surface area (Å²) in [5, 5.41) is 13.2. The summed E-state index contributed by atoms with van der Waals surface area (Å²) in [5.74, 6) is 0.745. The van der Waals surface area contributed by atoms with Gasteiger partial charge in [-0.2, -0.15) is 0 Å². The third-order valence-corrected chi connectivity index (χ3v) is 3.97. The third kappa shape index (κ3) is 2.16. The van der Waals surface area contributed by atoms with Gasteiger partial charge in [-0.15, -0.1) is 21.5 Å². The van der Waals surface area contributed by atoms with E-state index < -0.39 is 0 Å². The van der Waals surface area contributed by atoms with E-state index in [2.05, 4.69) is 47.9 Å². The SMILES string of the molecule is Brc1csc(CNc2nccn3cnnc23)c1. The van der Waals surface area contributed by atoms with Crippen LogP contribution in [0.2, 0.25) is 0 Å². The monoisotopic (exact) mass is 309 g/mol. The van der Waals surface area contributed by atoms with Crippen molar-refractivity contribution >= 4 is 38.7 Å². The van der Waals surface area contributed by atoms with Gasteiger partial charge in [0.25, 0.3) is 0 Å². The molecule has 0 aliphatic carbocycles. The number of halogens is 1. The smallest absolute Gasteiger partial charge is 0.203 e. The second-order valence-electron chi connectivity index (χ2n) is 3.42. The molecule has 86 valence electrons. The molecule has 0 spiro atoms. The highest BCUT2D eigenvalue weighted by molar-refractivity contribution is 9.10. The summed E-state index contributed by atoms with van der Waals surface area (Å²) in [7, 11) is 0. The lowest BCUT2D eigenvalue weighted by molar-refractivity contribution is 1.08. The van der Waals surface area contributed by atoms with Crippen LogP contribution in [0.15, 0.2) is 34.6 Å². The molecule has 0 saturated carbocycles. The molecule has 0 unspecified atom stereocenters. The number of aromatic nitrogens is 4. The fraction of sp³-hybridized carbons (Fsp3) is 0.100. The number of anilines is 1. The van der Waals surface area contributed by atoms with Crippen molar-refractivity contribution in [3.05, 3.63) is 39.5 Å². The van der Waals surface area contributed by atoms with Crippen LogP contribution in [0.5, 0.6) is 0 Å².